The predicted octanol–water partition coefficient (Wildman–Crippen LogP) is 1.96. The molecule has 2 heterocycles. The molecule has 1 aliphatic heterocycles. The van der Waals surface area contributed by atoms with Gasteiger partial charge in [-0.1, -0.05) is 5.21 Å². The third-order valence-corrected chi connectivity index (χ3v) is 5.14. The summed E-state index contributed by atoms with van der Waals surface area (Å²) in [5.41, 5.74) is 1.78. The number of ether oxygens (including phenoxy) is 2. The molecular weight excluding hydrogens is 386 g/mol. The molecule has 30 heavy (non-hydrogen) atoms. The Labute approximate surface area is 176 Å². The third kappa shape index (κ3) is 5.93. The third-order valence-electron chi connectivity index (χ3n) is 5.14. The maximum absolute atomic E-state index is 11.9. The van der Waals surface area contributed by atoms with Crippen LogP contribution < -0.4 is 15.4 Å². The Morgan fingerprint density at radius 1 is 1.33 bits per heavy atom. The Bertz CT molecular complexity index is 808. The fourth-order valence-corrected chi connectivity index (χ4v) is 3.56. The first-order valence-corrected chi connectivity index (χ1v) is 10.4. The van der Waals surface area contributed by atoms with Crippen LogP contribution >= 0.6 is 0 Å². The van der Waals surface area contributed by atoms with Gasteiger partial charge in [-0.25, -0.2) is 4.79 Å². The Hall–Kier alpha value is -2.65. The van der Waals surface area contributed by atoms with Gasteiger partial charge in [0.15, 0.2) is 0 Å². The summed E-state index contributed by atoms with van der Waals surface area (Å²) >= 11 is 0. The second kappa shape index (κ2) is 10.4. The molecule has 1 aliphatic rings. The lowest BCUT2D eigenvalue weighted by Gasteiger charge is -2.36. The van der Waals surface area contributed by atoms with Crippen molar-refractivity contribution in [3.63, 3.8) is 0 Å². The van der Waals surface area contributed by atoms with Crippen LogP contribution in [0.2, 0.25) is 0 Å². The molecule has 3 N–H and O–H groups in total. The number of aliphatic hydroxyl groups is 1. The Morgan fingerprint density at radius 3 is 2.77 bits per heavy atom. The Kier molecular flexibility index (Phi) is 7.64. The summed E-state index contributed by atoms with van der Waals surface area (Å²) in [7, 11) is 1.64. The highest BCUT2D eigenvalue weighted by molar-refractivity contribution is 5.74. The molecule has 3 atom stereocenters. The molecule has 0 aliphatic carbocycles. The van der Waals surface area contributed by atoms with Gasteiger partial charge < -0.3 is 25.2 Å². The largest absolute Gasteiger partial charge is 0.497 e. The second-order valence-electron chi connectivity index (χ2n) is 7.82. The van der Waals surface area contributed by atoms with E-state index in [1.165, 1.54) is 0 Å². The molecule has 164 valence electrons. The number of aliphatic hydroxyl groups excluding tert-OH is 1. The number of methoxy groups -OCH3 is 1. The zero-order chi connectivity index (χ0) is 21.5. The lowest BCUT2D eigenvalue weighted by Crippen LogP contribution is -2.54. The van der Waals surface area contributed by atoms with Crippen molar-refractivity contribution in [1.82, 2.24) is 25.6 Å². The van der Waals surface area contributed by atoms with Gasteiger partial charge in [-0.05, 0) is 57.4 Å². The normalized spacial score (nSPS) is 21.4. The van der Waals surface area contributed by atoms with Crippen LogP contribution in [0.3, 0.4) is 0 Å². The SMILES string of the molecule is COc1ccc(-c2cn(CC[C@@H]3CC[C@@H](NC(=O)NC(C)C)[C@@H](CO)O3)nn2)cc1. The van der Waals surface area contributed by atoms with Gasteiger partial charge in [0.25, 0.3) is 0 Å². The summed E-state index contributed by atoms with van der Waals surface area (Å²) in [5.74, 6) is 0.800. The van der Waals surface area contributed by atoms with Crippen molar-refractivity contribution in [3.05, 3.63) is 30.5 Å². The van der Waals surface area contributed by atoms with Crippen molar-refractivity contribution in [1.29, 1.82) is 0 Å². The molecule has 0 unspecified atom stereocenters. The van der Waals surface area contributed by atoms with Gasteiger partial charge in [0.05, 0.1) is 32.1 Å². The topological polar surface area (TPSA) is 111 Å². The van der Waals surface area contributed by atoms with E-state index in [0.29, 0.717) is 6.54 Å². The van der Waals surface area contributed by atoms with Crippen LogP contribution in [0.15, 0.2) is 30.5 Å². The van der Waals surface area contributed by atoms with E-state index in [1.54, 1.807) is 11.8 Å². The van der Waals surface area contributed by atoms with E-state index in [2.05, 4.69) is 20.9 Å². The smallest absolute Gasteiger partial charge is 0.315 e. The molecule has 0 bridgehead atoms. The van der Waals surface area contributed by atoms with Crippen LogP contribution in [0.4, 0.5) is 4.79 Å². The number of nitrogens with zero attached hydrogens (tertiary/aromatic N) is 3. The molecule has 1 aromatic heterocycles. The number of carbonyl (C=O) groups excluding carboxylic acids is 1. The van der Waals surface area contributed by atoms with Crippen molar-refractivity contribution < 1.29 is 19.4 Å². The number of hydrogen-bond donors (Lipinski definition) is 3. The number of aryl methyl sites for hydroxylation is 1. The van der Waals surface area contributed by atoms with Crippen LogP contribution in [0.5, 0.6) is 5.75 Å². The number of nitrogens with one attached hydrogen (secondary N) is 2. The fourth-order valence-electron chi connectivity index (χ4n) is 3.56. The van der Waals surface area contributed by atoms with E-state index in [-0.39, 0.29) is 30.8 Å². The molecule has 9 heteroatoms. The monoisotopic (exact) mass is 417 g/mol. The van der Waals surface area contributed by atoms with Crippen LogP contribution in [-0.4, -0.2) is 64.1 Å². The molecule has 0 spiro atoms. The van der Waals surface area contributed by atoms with Gasteiger partial charge in [-0.15, -0.1) is 5.10 Å². The maximum atomic E-state index is 11.9. The minimum Gasteiger partial charge on any atom is -0.497 e. The first kappa shape index (κ1) is 22.0. The molecule has 2 amide bonds. The number of carbonyl (C=O) groups is 1. The van der Waals surface area contributed by atoms with Gasteiger partial charge in [0.1, 0.15) is 17.5 Å². The molecule has 3 rings (SSSR count). The van der Waals surface area contributed by atoms with Crippen LogP contribution in [0.25, 0.3) is 11.3 Å². The molecule has 1 saturated heterocycles. The number of amides is 2. The summed E-state index contributed by atoms with van der Waals surface area (Å²) in [6.07, 6.45) is 3.83. The van der Waals surface area contributed by atoms with Crippen molar-refractivity contribution in [3.8, 4) is 17.0 Å². The van der Waals surface area contributed by atoms with Crippen molar-refractivity contribution in [2.24, 2.45) is 0 Å². The lowest BCUT2D eigenvalue weighted by molar-refractivity contribution is -0.0908. The van der Waals surface area contributed by atoms with Crippen molar-refractivity contribution in [2.45, 2.75) is 63.9 Å². The molecule has 0 radical (unpaired) electrons. The summed E-state index contributed by atoms with van der Waals surface area (Å²) < 4.78 is 13.0. The summed E-state index contributed by atoms with van der Waals surface area (Å²) in [5, 5.41) is 23.8. The fraction of sp³-hybridized carbons (Fsp3) is 0.571. The van der Waals surface area contributed by atoms with Crippen molar-refractivity contribution in [2.75, 3.05) is 13.7 Å². The van der Waals surface area contributed by atoms with E-state index in [1.807, 2.05) is 44.3 Å². The second-order valence-corrected chi connectivity index (χ2v) is 7.82. The molecular formula is C21H31N5O4. The van der Waals surface area contributed by atoms with Crippen LogP contribution in [0.1, 0.15) is 33.1 Å². The van der Waals surface area contributed by atoms with E-state index in [4.69, 9.17) is 9.47 Å². The number of benzene rings is 1. The van der Waals surface area contributed by atoms with E-state index in [9.17, 15) is 9.90 Å². The standard InChI is InChI=1S/C21H31N5O4/c1-14(2)22-21(28)23-18-9-8-17(30-20(18)13-27)10-11-26-12-19(24-25-26)15-4-6-16(29-3)7-5-15/h4-7,12,14,17-18,20,27H,8-11,13H2,1-3H3,(H2,22,23,28)/t17-,18+,20+/m0/s1. The van der Waals surface area contributed by atoms with Crippen LogP contribution in [-0.2, 0) is 11.3 Å². The summed E-state index contributed by atoms with van der Waals surface area (Å²) in [6, 6.07) is 7.32. The Balaban J connectivity index is 1.49. The number of rotatable bonds is 8. The molecule has 2 aromatic rings. The minimum absolute atomic E-state index is 0.00185. The first-order valence-electron chi connectivity index (χ1n) is 10.4. The van der Waals surface area contributed by atoms with Gasteiger partial charge >= 0.3 is 6.03 Å². The molecule has 1 fully saturated rings. The molecule has 1 aromatic carbocycles. The van der Waals surface area contributed by atoms with Gasteiger partial charge in [-0.3, -0.25) is 4.68 Å². The lowest BCUT2D eigenvalue weighted by atomic mass is 9.97. The summed E-state index contributed by atoms with van der Waals surface area (Å²) in [4.78, 5) is 11.9. The van der Waals surface area contributed by atoms with E-state index >= 15 is 0 Å². The van der Waals surface area contributed by atoms with Crippen molar-refractivity contribution >= 4 is 6.03 Å². The zero-order valence-corrected chi connectivity index (χ0v) is 17.7. The van der Waals surface area contributed by atoms with E-state index < -0.39 is 6.10 Å². The minimum atomic E-state index is -0.410. The van der Waals surface area contributed by atoms with Crippen LogP contribution in [0, 0.1) is 0 Å². The number of hydrogen-bond acceptors (Lipinski definition) is 6. The number of aromatic nitrogens is 3. The predicted molar refractivity (Wildman–Crippen MR) is 112 cm³/mol. The highest BCUT2D eigenvalue weighted by atomic mass is 16.5. The zero-order valence-electron chi connectivity index (χ0n) is 17.7. The molecule has 9 nitrogen and oxygen atoms in total. The average Bonchev–Trinajstić information content (AvgIpc) is 3.21. The number of urea groups is 1. The first-order chi connectivity index (χ1) is 14.5. The summed E-state index contributed by atoms with van der Waals surface area (Å²) in [6.45, 7) is 4.34. The molecule has 0 saturated carbocycles. The highest BCUT2D eigenvalue weighted by Gasteiger charge is 2.31. The highest BCUT2D eigenvalue weighted by Crippen LogP contribution is 2.23. The van der Waals surface area contributed by atoms with E-state index in [0.717, 1.165) is 36.3 Å². The van der Waals surface area contributed by atoms with Gasteiger partial charge in [-0.2, -0.15) is 0 Å². The van der Waals surface area contributed by atoms with Gasteiger partial charge in [0.2, 0.25) is 0 Å². The quantitative estimate of drug-likeness (QED) is 0.606. The van der Waals surface area contributed by atoms with Gasteiger partial charge in [0, 0.05) is 18.2 Å². The maximum Gasteiger partial charge on any atom is 0.315 e. The average molecular weight is 418 g/mol. The Morgan fingerprint density at radius 2 is 2.10 bits per heavy atom.